The standard InChI is InChI=1S/C18H6Cl4N2O2/c19-7-1-3-9-11(5-7)25-17-14(22)16-18(13(21)15(17)23-9)26-12-6-8(20)2-4-10(12)24-16/h1-6H. The molecule has 2 aliphatic rings. The molecule has 128 valence electrons. The molecule has 0 atom stereocenters. The van der Waals surface area contributed by atoms with Crippen LogP contribution in [-0.2, 0) is 0 Å². The third-order valence-corrected chi connectivity index (χ3v) is 5.15. The Hall–Kier alpha value is -1.98. The number of nitrogens with zero attached hydrogens (tertiary/aromatic N) is 2. The Morgan fingerprint density at radius 2 is 1.04 bits per heavy atom. The van der Waals surface area contributed by atoms with Crippen molar-refractivity contribution >= 4 is 57.8 Å². The normalized spacial score (nSPS) is 13.1. The monoisotopic (exact) mass is 422 g/mol. The number of rotatable bonds is 0. The smallest absolute Gasteiger partial charge is 0.175 e. The minimum atomic E-state index is 0.259. The lowest BCUT2D eigenvalue weighted by Crippen LogP contribution is -2.22. The van der Waals surface area contributed by atoms with E-state index in [1.165, 1.54) is 0 Å². The fourth-order valence-electron chi connectivity index (χ4n) is 2.79. The van der Waals surface area contributed by atoms with Crippen LogP contribution in [0.4, 0.5) is 11.4 Å². The Morgan fingerprint density at radius 1 is 0.615 bits per heavy atom. The zero-order valence-electron chi connectivity index (χ0n) is 12.7. The van der Waals surface area contributed by atoms with Crippen LogP contribution in [0.15, 0.2) is 46.4 Å². The van der Waals surface area contributed by atoms with Gasteiger partial charge in [0.15, 0.2) is 23.0 Å². The average Bonchev–Trinajstić information content (AvgIpc) is 2.63. The van der Waals surface area contributed by atoms with E-state index < -0.39 is 0 Å². The minimum Gasteiger partial charge on any atom is -0.451 e. The summed E-state index contributed by atoms with van der Waals surface area (Å²) in [5.74, 6) is 1.61. The molecule has 3 aromatic carbocycles. The quantitative estimate of drug-likeness (QED) is 0.288. The second-order valence-electron chi connectivity index (χ2n) is 5.64. The van der Waals surface area contributed by atoms with E-state index >= 15 is 0 Å². The summed E-state index contributed by atoms with van der Waals surface area (Å²) >= 11 is 25.1. The highest BCUT2D eigenvalue weighted by molar-refractivity contribution is 6.35. The van der Waals surface area contributed by atoms with Crippen molar-refractivity contribution in [1.82, 2.24) is 0 Å². The summed E-state index contributed by atoms with van der Waals surface area (Å²) in [6.45, 7) is 0. The van der Waals surface area contributed by atoms with Crippen LogP contribution in [-0.4, -0.2) is 0 Å². The average molecular weight is 424 g/mol. The Bertz CT molecular complexity index is 1140. The zero-order chi connectivity index (χ0) is 18.0. The molecule has 0 bridgehead atoms. The van der Waals surface area contributed by atoms with Crippen LogP contribution >= 0.6 is 46.4 Å². The number of hydrogen-bond donors (Lipinski definition) is 0. The summed E-state index contributed by atoms with van der Waals surface area (Å²) in [4.78, 5) is 9.09. The lowest BCUT2D eigenvalue weighted by atomic mass is 10.2. The van der Waals surface area contributed by atoms with E-state index in [0.717, 1.165) is 0 Å². The molecule has 2 heterocycles. The maximum absolute atomic E-state index is 6.54. The molecule has 0 radical (unpaired) electrons. The SMILES string of the molecule is Clc1ccc2c(c1)Oc1c(Cl)c3c(c(Cl)c1=N2)Oc1cc(Cl)ccc1N=3. The third kappa shape index (κ3) is 2.37. The Balaban J connectivity index is 1.83. The van der Waals surface area contributed by atoms with E-state index in [1.54, 1.807) is 36.4 Å². The van der Waals surface area contributed by atoms with Crippen LogP contribution in [0, 0.1) is 0 Å². The summed E-state index contributed by atoms with van der Waals surface area (Å²) in [6.07, 6.45) is 0. The molecule has 26 heavy (non-hydrogen) atoms. The molecule has 0 aliphatic carbocycles. The largest absolute Gasteiger partial charge is 0.451 e. The zero-order valence-corrected chi connectivity index (χ0v) is 15.7. The van der Waals surface area contributed by atoms with Crippen molar-refractivity contribution in [2.24, 2.45) is 9.98 Å². The first-order valence-corrected chi connectivity index (χ1v) is 8.95. The second kappa shape index (κ2) is 5.76. The summed E-state index contributed by atoms with van der Waals surface area (Å²) < 4.78 is 11.8. The van der Waals surface area contributed by atoms with Gasteiger partial charge in [0.1, 0.15) is 32.1 Å². The highest BCUT2D eigenvalue weighted by Crippen LogP contribution is 2.43. The maximum atomic E-state index is 6.54. The van der Waals surface area contributed by atoms with E-state index in [4.69, 9.17) is 55.9 Å². The molecule has 0 spiro atoms. The van der Waals surface area contributed by atoms with Crippen molar-refractivity contribution in [3.05, 3.63) is 67.2 Å². The first-order valence-electron chi connectivity index (χ1n) is 7.44. The van der Waals surface area contributed by atoms with Crippen LogP contribution in [0.3, 0.4) is 0 Å². The van der Waals surface area contributed by atoms with Gasteiger partial charge >= 0.3 is 0 Å². The van der Waals surface area contributed by atoms with Crippen molar-refractivity contribution < 1.29 is 9.47 Å². The van der Waals surface area contributed by atoms with Gasteiger partial charge in [0, 0.05) is 22.2 Å². The summed E-state index contributed by atoms with van der Waals surface area (Å²) in [7, 11) is 0. The molecular weight excluding hydrogens is 418 g/mol. The highest BCUT2D eigenvalue weighted by atomic mass is 35.5. The Kier molecular flexibility index (Phi) is 3.59. The number of fused-ring (bicyclic) bond motifs is 4. The molecule has 0 unspecified atom stereocenters. The lowest BCUT2D eigenvalue weighted by molar-refractivity contribution is 0.451. The van der Waals surface area contributed by atoms with Gasteiger partial charge in [-0.05, 0) is 24.3 Å². The summed E-state index contributed by atoms with van der Waals surface area (Å²) in [5, 5.41) is 2.34. The Morgan fingerprint density at radius 3 is 1.46 bits per heavy atom. The number of hydrogen-bond acceptors (Lipinski definition) is 4. The fraction of sp³-hybridized carbons (Fsp3) is 0. The molecule has 0 amide bonds. The number of benzene rings is 3. The first-order chi connectivity index (χ1) is 12.5. The predicted octanol–water partition coefficient (Wildman–Crippen LogP) is 6.41. The van der Waals surface area contributed by atoms with E-state index in [0.29, 0.717) is 55.1 Å². The molecule has 2 aliphatic heterocycles. The van der Waals surface area contributed by atoms with Gasteiger partial charge in [0.2, 0.25) is 0 Å². The summed E-state index contributed by atoms with van der Waals surface area (Å²) in [5.41, 5.74) is 1.19. The number of ether oxygens (including phenoxy) is 2. The van der Waals surface area contributed by atoms with Crippen molar-refractivity contribution in [3.63, 3.8) is 0 Å². The Labute approximate surface area is 167 Å². The molecule has 5 rings (SSSR count). The van der Waals surface area contributed by atoms with Crippen molar-refractivity contribution in [2.75, 3.05) is 0 Å². The third-order valence-electron chi connectivity index (χ3n) is 3.98. The van der Waals surface area contributed by atoms with Gasteiger partial charge in [-0.2, -0.15) is 0 Å². The van der Waals surface area contributed by atoms with Crippen LogP contribution in [0.5, 0.6) is 23.0 Å². The predicted molar refractivity (Wildman–Crippen MR) is 101 cm³/mol. The minimum absolute atomic E-state index is 0.259. The van der Waals surface area contributed by atoms with E-state index in [1.807, 2.05) is 0 Å². The van der Waals surface area contributed by atoms with E-state index in [9.17, 15) is 0 Å². The molecule has 3 aromatic rings. The molecule has 0 saturated heterocycles. The lowest BCUT2D eigenvalue weighted by Gasteiger charge is -2.20. The van der Waals surface area contributed by atoms with Crippen LogP contribution in [0.25, 0.3) is 0 Å². The molecule has 8 heteroatoms. The van der Waals surface area contributed by atoms with E-state index in [2.05, 4.69) is 9.98 Å². The van der Waals surface area contributed by atoms with Crippen molar-refractivity contribution in [1.29, 1.82) is 0 Å². The fourth-order valence-corrected chi connectivity index (χ4v) is 3.63. The molecule has 0 aromatic heterocycles. The maximum Gasteiger partial charge on any atom is 0.175 e. The van der Waals surface area contributed by atoms with Gasteiger partial charge in [-0.15, -0.1) is 0 Å². The summed E-state index contributed by atoms with van der Waals surface area (Å²) in [6, 6.07) is 10.2. The van der Waals surface area contributed by atoms with Crippen LogP contribution < -0.4 is 20.2 Å². The topological polar surface area (TPSA) is 43.2 Å². The molecule has 0 fully saturated rings. The van der Waals surface area contributed by atoms with Gasteiger partial charge in [-0.25, -0.2) is 9.98 Å². The van der Waals surface area contributed by atoms with Crippen LogP contribution in [0.2, 0.25) is 20.1 Å². The van der Waals surface area contributed by atoms with E-state index in [-0.39, 0.29) is 10.0 Å². The highest BCUT2D eigenvalue weighted by Gasteiger charge is 2.27. The van der Waals surface area contributed by atoms with Gasteiger partial charge in [-0.3, -0.25) is 0 Å². The molecular formula is C18H6Cl4N2O2. The van der Waals surface area contributed by atoms with Gasteiger partial charge in [0.25, 0.3) is 0 Å². The molecule has 4 nitrogen and oxygen atoms in total. The molecule has 0 N–H and O–H groups in total. The first kappa shape index (κ1) is 16.2. The van der Waals surface area contributed by atoms with Crippen LogP contribution in [0.1, 0.15) is 0 Å². The molecule has 0 saturated carbocycles. The number of halogens is 4. The van der Waals surface area contributed by atoms with Gasteiger partial charge in [0.05, 0.1) is 0 Å². The van der Waals surface area contributed by atoms with Crippen molar-refractivity contribution in [2.45, 2.75) is 0 Å². The van der Waals surface area contributed by atoms with Gasteiger partial charge < -0.3 is 9.47 Å². The van der Waals surface area contributed by atoms with Gasteiger partial charge in [-0.1, -0.05) is 46.4 Å². The van der Waals surface area contributed by atoms with Crippen molar-refractivity contribution in [3.8, 4) is 23.0 Å². The second-order valence-corrected chi connectivity index (χ2v) is 7.26.